The molecule has 0 amide bonds. The summed E-state index contributed by atoms with van der Waals surface area (Å²) >= 11 is 0. The first kappa shape index (κ1) is 18.8. The Bertz CT molecular complexity index is 944. The molecule has 1 aliphatic rings. The summed E-state index contributed by atoms with van der Waals surface area (Å²) in [6.07, 6.45) is -0.740. The third kappa shape index (κ3) is 3.99. The van der Waals surface area contributed by atoms with Crippen LogP contribution in [0.25, 0.3) is 11.1 Å². The lowest BCUT2D eigenvalue weighted by Crippen LogP contribution is -2.34. The van der Waals surface area contributed by atoms with Crippen LogP contribution in [-0.2, 0) is 12.7 Å². The van der Waals surface area contributed by atoms with Crippen LogP contribution < -0.4 is 0 Å². The molecule has 1 saturated heterocycles. The van der Waals surface area contributed by atoms with Crippen LogP contribution in [0.4, 0.5) is 13.2 Å². The van der Waals surface area contributed by atoms with Crippen molar-refractivity contribution in [2.24, 2.45) is 0 Å². The van der Waals surface area contributed by atoms with E-state index in [-0.39, 0.29) is 5.92 Å². The quantitative estimate of drug-likeness (QED) is 0.652. The number of furan rings is 1. The van der Waals surface area contributed by atoms with Gasteiger partial charge in [0.25, 0.3) is 0 Å². The number of rotatable bonds is 4. The second-order valence-electron chi connectivity index (χ2n) is 7.36. The second-order valence-corrected chi connectivity index (χ2v) is 7.36. The Balaban J connectivity index is 1.55. The molecule has 1 aromatic carbocycles. The molecule has 1 N–H and O–H groups in total. The number of aromatic amines is 1. The van der Waals surface area contributed by atoms with Crippen LogP contribution in [0.5, 0.6) is 0 Å². The molecule has 28 heavy (non-hydrogen) atoms. The first-order valence-electron chi connectivity index (χ1n) is 9.39. The fraction of sp³-hybridized carbons (Fsp3) is 0.381. The van der Waals surface area contributed by atoms with Crippen molar-refractivity contribution >= 4 is 0 Å². The van der Waals surface area contributed by atoms with E-state index in [9.17, 15) is 13.2 Å². The first-order chi connectivity index (χ1) is 13.4. The molecule has 1 atom stereocenters. The molecular formula is C21H22F3N3O. The van der Waals surface area contributed by atoms with E-state index in [1.54, 1.807) is 12.3 Å². The fourth-order valence-corrected chi connectivity index (χ4v) is 3.93. The van der Waals surface area contributed by atoms with E-state index in [0.717, 1.165) is 61.3 Å². The van der Waals surface area contributed by atoms with Crippen molar-refractivity contribution in [2.45, 2.75) is 38.4 Å². The topological polar surface area (TPSA) is 45.1 Å². The van der Waals surface area contributed by atoms with Crippen molar-refractivity contribution in [3.8, 4) is 11.1 Å². The van der Waals surface area contributed by atoms with Crippen molar-refractivity contribution in [1.82, 2.24) is 15.1 Å². The molecule has 0 spiro atoms. The summed E-state index contributed by atoms with van der Waals surface area (Å²) in [6.45, 7) is 4.45. The van der Waals surface area contributed by atoms with Gasteiger partial charge in [-0.2, -0.15) is 18.3 Å². The smallest absolute Gasteiger partial charge is 0.416 e. The molecule has 4 nitrogen and oxygen atoms in total. The molecule has 4 rings (SSSR count). The number of benzene rings is 1. The number of aryl methyl sites for hydroxylation is 1. The predicted molar refractivity (Wildman–Crippen MR) is 99.7 cm³/mol. The molecule has 0 radical (unpaired) electrons. The lowest BCUT2D eigenvalue weighted by Gasteiger charge is -2.32. The predicted octanol–water partition coefficient (Wildman–Crippen LogP) is 5.38. The van der Waals surface area contributed by atoms with Crippen molar-refractivity contribution in [3.63, 3.8) is 0 Å². The van der Waals surface area contributed by atoms with Crippen LogP contribution in [0.3, 0.4) is 0 Å². The lowest BCUT2D eigenvalue weighted by atomic mass is 9.90. The van der Waals surface area contributed by atoms with Crippen molar-refractivity contribution in [2.75, 3.05) is 13.1 Å². The highest BCUT2D eigenvalue weighted by atomic mass is 19.4. The van der Waals surface area contributed by atoms with E-state index in [2.05, 4.69) is 15.1 Å². The van der Waals surface area contributed by atoms with Gasteiger partial charge in [0.2, 0.25) is 0 Å². The van der Waals surface area contributed by atoms with E-state index in [1.807, 2.05) is 19.1 Å². The molecule has 1 unspecified atom stereocenters. The van der Waals surface area contributed by atoms with Gasteiger partial charge in [0.1, 0.15) is 11.5 Å². The summed E-state index contributed by atoms with van der Waals surface area (Å²) in [6, 6.07) is 9.38. The molecule has 0 aliphatic carbocycles. The molecule has 0 saturated carbocycles. The highest BCUT2D eigenvalue weighted by Gasteiger charge is 2.31. The minimum Gasteiger partial charge on any atom is -0.465 e. The van der Waals surface area contributed by atoms with Gasteiger partial charge in [-0.15, -0.1) is 0 Å². The molecule has 148 valence electrons. The Kier molecular flexibility index (Phi) is 5.02. The highest BCUT2D eigenvalue weighted by molar-refractivity contribution is 5.66. The number of alkyl halides is 3. The van der Waals surface area contributed by atoms with Crippen LogP contribution in [0.1, 0.15) is 41.5 Å². The van der Waals surface area contributed by atoms with E-state index in [1.165, 1.54) is 12.1 Å². The van der Waals surface area contributed by atoms with E-state index in [4.69, 9.17) is 4.42 Å². The minimum absolute atomic E-state index is 0.192. The van der Waals surface area contributed by atoms with Crippen molar-refractivity contribution in [3.05, 3.63) is 65.4 Å². The number of aromatic nitrogens is 2. The van der Waals surface area contributed by atoms with Gasteiger partial charge in [-0.3, -0.25) is 10.00 Å². The number of hydrogen-bond donors (Lipinski definition) is 1. The Morgan fingerprint density at radius 1 is 1.25 bits per heavy atom. The van der Waals surface area contributed by atoms with Gasteiger partial charge in [0.05, 0.1) is 18.3 Å². The van der Waals surface area contributed by atoms with Gasteiger partial charge in [-0.25, -0.2) is 0 Å². The Labute approximate surface area is 161 Å². The summed E-state index contributed by atoms with van der Waals surface area (Å²) in [7, 11) is 0. The molecule has 1 aliphatic heterocycles. The standard InChI is InChI=1S/C21H22F3N3O/c1-14-7-8-18(28-14)13-27-9-3-5-16(12-27)20-19(11-25-26-20)15-4-2-6-17(10-15)21(22,23)24/h2,4,6-8,10-11,16H,3,5,9,12-13H2,1H3,(H,25,26). The molecule has 7 heteroatoms. The van der Waals surface area contributed by atoms with Gasteiger partial charge in [0.15, 0.2) is 0 Å². The zero-order chi connectivity index (χ0) is 19.7. The van der Waals surface area contributed by atoms with Crippen LogP contribution in [0.2, 0.25) is 0 Å². The largest absolute Gasteiger partial charge is 0.465 e. The van der Waals surface area contributed by atoms with Crippen LogP contribution in [-0.4, -0.2) is 28.2 Å². The Hall–Kier alpha value is -2.54. The Morgan fingerprint density at radius 2 is 2.11 bits per heavy atom. The summed E-state index contributed by atoms with van der Waals surface area (Å²) in [5.74, 6) is 2.02. The lowest BCUT2D eigenvalue weighted by molar-refractivity contribution is -0.137. The summed E-state index contributed by atoms with van der Waals surface area (Å²) in [5, 5.41) is 7.17. The third-order valence-corrected chi connectivity index (χ3v) is 5.26. The average molecular weight is 389 g/mol. The maximum absolute atomic E-state index is 13.1. The van der Waals surface area contributed by atoms with Crippen LogP contribution in [0.15, 0.2) is 47.0 Å². The molecular weight excluding hydrogens is 367 g/mol. The number of nitrogens with one attached hydrogen (secondary N) is 1. The first-order valence-corrected chi connectivity index (χ1v) is 9.39. The van der Waals surface area contributed by atoms with Crippen LogP contribution >= 0.6 is 0 Å². The molecule has 3 heterocycles. The summed E-state index contributed by atoms with van der Waals surface area (Å²) < 4.78 is 44.9. The molecule has 0 bridgehead atoms. The SMILES string of the molecule is Cc1ccc(CN2CCCC(c3[nH]ncc3-c3cccc(C(F)(F)F)c3)C2)o1. The van der Waals surface area contributed by atoms with Gasteiger partial charge in [-0.05, 0) is 56.1 Å². The molecule has 1 fully saturated rings. The molecule has 2 aromatic heterocycles. The highest BCUT2D eigenvalue weighted by Crippen LogP contribution is 2.36. The second kappa shape index (κ2) is 7.47. The maximum Gasteiger partial charge on any atom is 0.416 e. The van der Waals surface area contributed by atoms with Crippen molar-refractivity contribution < 1.29 is 17.6 Å². The average Bonchev–Trinajstić information content (AvgIpc) is 3.30. The van der Waals surface area contributed by atoms with E-state index in [0.29, 0.717) is 5.56 Å². The number of halogens is 3. The minimum atomic E-state index is -4.36. The fourth-order valence-electron chi connectivity index (χ4n) is 3.93. The van der Waals surface area contributed by atoms with Gasteiger partial charge in [-0.1, -0.05) is 12.1 Å². The number of likely N-dealkylation sites (tertiary alicyclic amines) is 1. The number of piperidine rings is 1. The number of H-pyrrole nitrogens is 1. The van der Waals surface area contributed by atoms with Gasteiger partial charge >= 0.3 is 6.18 Å². The van der Waals surface area contributed by atoms with Gasteiger partial charge in [0, 0.05) is 23.7 Å². The third-order valence-electron chi connectivity index (χ3n) is 5.26. The Morgan fingerprint density at radius 3 is 2.86 bits per heavy atom. The van der Waals surface area contributed by atoms with Gasteiger partial charge < -0.3 is 4.42 Å². The number of nitrogens with zero attached hydrogens (tertiary/aromatic N) is 2. The zero-order valence-electron chi connectivity index (χ0n) is 15.6. The molecule has 3 aromatic rings. The zero-order valence-corrected chi connectivity index (χ0v) is 15.6. The monoisotopic (exact) mass is 389 g/mol. The number of hydrogen-bond acceptors (Lipinski definition) is 3. The normalized spacial score (nSPS) is 18.5. The van der Waals surface area contributed by atoms with Crippen LogP contribution in [0, 0.1) is 6.92 Å². The van der Waals surface area contributed by atoms with E-state index >= 15 is 0 Å². The summed E-state index contributed by atoms with van der Waals surface area (Å²) in [5.41, 5.74) is 1.54. The summed E-state index contributed by atoms with van der Waals surface area (Å²) in [4.78, 5) is 2.32. The maximum atomic E-state index is 13.1. The van der Waals surface area contributed by atoms with E-state index < -0.39 is 11.7 Å². The van der Waals surface area contributed by atoms with Crippen molar-refractivity contribution in [1.29, 1.82) is 0 Å².